The van der Waals surface area contributed by atoms with Crippen LogP contribution in [0.3, 0.4) is 0 Å². The minimum absolute atomic E-state index is 0.131. The van der Waals surface area contributed by atoms with Gasteiger partial charge in [0.2, 0.25) is 0 Å². The Bertz CT molecular complexity index is 759. The topological polar surface area (TPSA) is 44.8 Å². The van der Waals surface area contributed by atoms with Gasteiger partial charge in [-0.2, -0.15) is 0 Å². The lowest BCUT2D eigenvalue weighted by molar-refractivity contribution is 0.0945. The Kier molecular flexibility index (Phi) is 7.39. The molecule has 0 unspecified atom stereocenters. The van der Waals surface area contributed by atoms with Crippen LogP contribution in [0.5, 0.6) is 5.75 Å². The first-order valence-corrected chi connectivity index (χ1v) is 9.77. The Balaban J connectivity index is 1.46. The van der Waals surface area contributed by atoms with Gasteiger partial charge in [0.05, 0.1) is 5.56 Å². The van der Waals surface area contributed by atoms with Crippen LogP contribution in [-0.2, 0) is 6.61 Å². The quantitative estimate of drug-likeness (QED) is 0.710. The zero-order valence-corrected chi connectivity index (χ0v) is 16.4. The number of hydrogen-bond donors (Lipinski definition) is 1. The molecule has 1 fully saturated rings. The molecule has 0 spiro atoms. The molecule has 28 heavy (non-hydrogen) atoms. The van der Waals surface area contributed by atoms with Crippen molar-refractivity contribution in [1.82, 2.24) is 15.1 Å². The fraction of sp³-hybridized carbons (Fsp3) is 0.409. The molecule has 0 bridgehead atoms. The van der Waals surface area contributed by atoms with Crippen molar-refractivity contribution in [2.24, 2.45) is 0 Å². The molecule has 6 heteroatoms. The van der Waals surface area contributed by atoms with Gasteiger partial charge in [-0.25, -0.2) is 4.39 Å². The van der Waals surface area contributed by atoms with Crippen molar-refractivity contribution in [3.05, 3.63) is 65.5 Å². The first-order chi connectivity index (χ1) is 13.6. The lowest BCUT2D eigenvalue weighted by Gasteiger charge is -2.32. The van der Waals surface area contributed by atoms with Crippen LogP contribution < -0.4 is 10.1 Å². The molecule has 0 aromatic heterocycles. The van der Waals surface area contributed by atoms with E-state index in [1.165, 1.54) is 12.1 Å². The average Bonchev–Trinajstić information content (AvgIpc) is 2.72. The van der Waals surface area contributed by atoms with Crippen LogP contribution >= 0.6 is 0 Å². The molecular formula is C22H28FN3O2. The fourth-order valence-corrected chi connectivity index (χ4v) is 3.19. The summed E-state index contributed by atoms with van der Waals surface area (Å²) in [6, 6.07) is 13.4. The van der Waals surface area contributed by atoms with Gasteiger partial charge in [0.1, 0.15) is 18.2 Å². The van der Waals surface area contributed by atoms with Crippen LogP contribution in [0.1, 0.15) is 22.3 Å². The number of nitrogens with zero attached hydrogens (tertiary/aromatic N) is 2. The third kappa shape index (κ3) is 6.04. The van der Waals surface area contributed by atoms with Crippen molar-refractivity contribution in [2.45, 2.75) is 13.0 Å². The summed E-state index contributed by atoms with van der Waals surface area (Å²) < 4.78 is 18.8. The minimum atomic E-state index is -0.278. The van der Waals surface area contributed by atoms with Crippen LogP contribution in [0.15, 0.2) is 48.5 Å². The Hall–Kier alpha value is -2.44. The number of rotatable bonds is 8. The van der Waals surface area contributed by atoms with Gasteiger partial charge in [-0.3, -0.25) is 4.79 Å². The molecule has 1 amide bonds. The summed E-state index contributed by atoms with van der Waals surface area (Å²) in [6.45, 7) is 6.30. The van der Waals surface area contributed by atoms with Crippen molar-refractivity contribution in [2.75, 3.05) is 46.3 Å². The van der Waals surface area contributed by atoms with E-state index in [0.29, 0.717) is 17.9 Å². The third-order valence-corrected chi connectivity index (χ3v) is 4.97. The maximum atomic E-state index is 13.0. The molecule has 0 saturated carbocycles. The number of carbonyl (C=O) groups is 1. The van der Waals surface area contributed by atoms with E-state index >= 15 is 0 Å². The Morgan fingerprint density at radius 2 is 1.79 bits per heavy atom. The molecule has 0 aliphatic carbocycles. The molecule has 1 heterocycles. The second-order valence-corrected chi connectivity index (χ2v) is 7.17. The minimum Gasteiger partial charge on any atom is -0.488 e. The number of piperazine rings is 1. The highest BCUT2D eigenvalue weighted by Gasteiger charge is 2.14. The van der Waals surface area contributed by atoms with Gasteiger partial charge in [0.15, 0.2) is 0 Å². The third-order valence-electron chi connectivity index (χ3n) is 4.97. The van der Waals surface area contributed by atoms with E-state index in [2.05, 4.69) is 22.2 Å². The second kappa shape index (κ2) is 10.2. The lowest BCUT2D eigenvalue weighted by Crippen LogP contribution is -2.45. The number of likely N-dealkylation sites (N-methyl/N-ethyl adjacent to an activating group) is 1. The van der Waals surface area contributed by atoms with E-state index in [1.54, 1.807) is 24.3 Å². The average molecular weight is 385 g/mol. The molecule has 1 N–H and O–H groups in total. The highest BCUT2D eigenvalue weighted by molar-refractivity contribution is 5.96. The molecule has 2 aromatic rings. The molecule has 1 saturated heterocycles. The highest BCUT2D eigenvalue weighted by atomic mass is 19.1. The summed E-state index contributed by atoms with van der Waals surface area (Å²) >= 11 is 0. The Labute approximate surface area is 166 Å². The van der Waals surface area contributed by atoms with Crippen molar-refractivity contribution >= 4 is 5.91 Å². The van der Waals surface area contributed by atoms with Crippen molar-refractivity contribution in [1.29, 1.82) is 0 Å². The van der Waals surface area contributed by atoms with Gasteiger partial charge < -0.3 is 19.9 Å². The van der Waals surface area contributed by atoms with Crippen molar-refractivity contribution in [3.63, 3.8) is 0 Å². The van der Waals surface area contributed by atoms with E-state index in [1.807, 2.05) is 12.1 Å². The predicted octanol–water partition coefficient (Wildman–Crippen LogP) is 2.77. The Morgan fingerprint density at radius 1 is 1.07 bits per heavy atom. The van der Waals surface area contributed by atoms with Crippen molar-refractivity contribution < 1.29 is 13.9 Å². The van der Waals surface area contributed by atoms with E-state index in [-0.39, 0.29) is 18.3 Å². The maximum Gasteiger partial charge on any atom is 0.255 e. The summed E-state index contributed by atoms with van der Waals surface area (Å²) in [5.74, 6) is 0.122. The van der Waals surface area contributed by atoms with E-state index < -0.39 is 0 Å². The summed E-state index contributed by atoms with van der Waals surface area (Å²) in [7, 11) is 2.15. The molecule has 150 valence electrons. The zero-order chi connectivity index (χ0) is 19.8. The van der Waals surface area contributed by atoms with Crippen LogP contribution in [-0.4, -0.2) is 62.0 Å². The van der Waals surface area contributed by atoms with Gasteiger partial charge in [-0.05, 0) is 49.8 Å². The SMILES string of the molecule is CN1CCN(CCCNC(=O)c2ccccc2OCc2ccc(F)cc2)CC1. The molecule has 0 radical (unpaired) electrons. The highest BCUT2D eigenvalue weighted by Crippen LogP contribution is 2.19. The molecule has 3 rings (SSSR count). The van der Waals surface area contributed by atoms with Gasteiger partial charge in [-0.1, -0.05) is 24.3 Å². The van der Waals surface area contributed by atoms with E-state index in [0.717, 1.165) is 44.7 Å². The summed E-state index contributed by atoms with van der Waals surface area (Å²) in [4.78, 5) is 17.3. The maximum absolute atomic E-state index is 13.0. The summed E-state index contributed by atoms with van der Waals surface area (Å²) in [6.07, 6.45) is 0.925. The van der Waals surface area contributed by atoms with Gasteiger partial charge in [0.25, 0.3) is 5.91 Å². The molecule has 5 nitrogen and oxygen atoms in total. The molecular weight excluding hydrogens is 357 g/mol. The van der Waals surface area contributed by atoms with Crippen LogP contribution in [0.25, 0.3) is 0 Å². The normalized spacial score (nSPS) is 15.4. The van der Waals surface area contributed by atoms with Crippen LogP contribution in [0.2, 0.25) is 0 Å². The second-order valence-electron chi connectivity index (χ2n) is 7.17. The number of carbonyl (C=O) groups excluding carboxylic acids is 1. The largest absolute Gasteiger partial charge is 0.488 e. The fourth-order valence-electron chi connectivity index (χ4n) is 3.19. The number of nitrogens with one attached hydrogen (secondary N) is 1. The van der Waals surface area contributed by atoms with E-state index in [4.69, 9.17) is 4.74 Å². The molecule has 2 aromatic carbocycles. The van der Waals surface area contributed by atoms with Crippen molar-refractivity contribution in [3.8, 4) is 5.75 Å². The number of para-hydroxylation sites is 1. The van der Waals surface area contributed by atoms with Crippen LogP contribution in [0.4, 0.5) is 4.39 Å². The number of halogens is 1. The molecule has 1 aliphatic rings. The monoisotopic (exact) mass is 385 g/mol. The van der Waals surface area contributed by atoms with Gasteiger partial charge in [0, 0.05) is 32.7 Å². The zero-order valence-electron chi connectivity index (χ0n) is 16.4. The van der Waals surface area contributed by atoms with E-state index in [9.17, 15) is 9.18 Å². The first-order valence-electron chi connectivity index (χ1n) is 9.77. The number of amides is 1. The first kappa shape index (κ1) is 20.3. The Morgan fingerprint density at radius 3 is 2.54 bits per heavy atom. The molecule has 1 aliphatic heterocycles. The van der Waals surface area contributed by atoms with Gasteiger partial charge in [-0.15, -0.1) is 0 Å². The van der Waals surface area contributed by atoms with Gasteiger partial charge >= 0.3 is 0 Å². The number of ether oxygens (including phenoxy) is 1. The number of benzene rings is 2. The lowest BCUT2D eigenvalue weighted by atomic mass is 10.2. The summed E-state index contributed by atoms with van der Waals surface area (Å²) in [5.41, 5.74) is 1.37. The standard InChI is InChI=1S/C22H28FN3O2/c1-25-13-15-26(16-14-25)12-4-11-24-22(27)20-5-2-3-6-21(20)28-17-18-7-9-19(23)10-8-18/h2-3,5-10H,4,11-17H2,1H3,(H,24,27). The van der Waals surface area contributed by atoms with Crippen LogP contribution in [0, 0.1) is 5.82 Å². The smallest absolute Gasteiger partial charge is 0.255 e. The number of hydrogen-bond acceptors (Lipinski definition) is 4. The molecule has 0 atom stereocenters. The predicted molar refractivity (Wildman–Crippen MR) is 108 cm³/mol. The summed E-state index contributed by atoms with van der Waals surface area (Å²) in [5, 5.41) is 2.99.